The lowest BCUT2D eigenvalue weighted by molar-refractivity contribution is 0.0923. The molecule has 29 heavy (non-hydrogen) atoms. The monoisotopic (exact) mass is 412 g/mol. The molecule has 0 spiro atoms. The molecule has 1 aromatic heterocycles. The zero-order chi connectivity index (χ0) is 20.8. The maximum absolute atomic E-state index is 13.6. The molecule has 0 aliphatic carbocycles. The molecule has 150 valence electrons. The molecule has 2 amide bonds. The van der Waals surface area contributed by atoms with Crippen LogP contribution in [0.2, 0.25) is 0 Å². The summed E-state index contributed by atoms with van der Waals surface area (Å²) in [5.74, 6) is -1.11. The Kier molecular flexibility index (Phi) is 6.66. The van der Waals surface area contributed by atoms with Crippen LogP contribution in [0.25, 0.3) is 5.69 Å². The van der Waals surface area contributed by atoms with Gasteiger partial charge in [0.25, 0.3) is 11.8 Å². The highest BCUT2D eigenvalue weighted by Gasteiger charge is 2.17. The van der Waals surface area contributed by atoms with E-state index < -0.39 is 11.7 Å². The van der Waals surface area contributed by atoms with Crippen LogP contribution in [-0.4, -0.2) is 40.7 Å². The van der Waals surface area contributed by atoms with E-state index >= 15 is 0 Å². The fourth-order valence-corrected chi connectivity index (χ4v) is 3.29. The molecule has 1 heterocycles. The molecule has 0 unspecified atom stereocenters. The summed E-state index contributed by atoms with van der Waals surface area (Å²) in [5.41, 5.74) is 1.97. The second kappa shape index (κ2) is 9.38. The number of nitrogens with one attached hydrogen (secondary N) is 2. The molecular formula is C21H21FN4O2S. The van der Waals surface area contributed by atoms with Gasteiger partial charge in [0.15, 0.2) is 5.16 Å². The lowest BCUT2D eigenvalue weighted by Crippen LogP contribution is -2.35. The minimum atomic E-state index is -0.426. The van der Waals surface area contributed by atoms with Crippen LogP contribution in [0.5, 0.6) is 0 Å². The van der Waals surface area contributed by atoms with Crippen LogP contribution in [0.4, 0.5) is 4.39 Å². The van der Waals surface area contributed by atoms with Crippen molar-refractivity contribution in [2.75, 3.05) is 19.3 Å². The number of hydrogen-bond donors (Lipinski definition) is 2. The van der Waals surface area contributed by atoms with E-state index in [0.29, 0.717) is 16.4 Å². The minimum absolute atomic E-state index is 0.217. The second-order valence-corrected chi connectivity index (χ2v) is 7.05. The lowest BCUT2D eigenvalue weighted by atomic mass is 10.1. The highest BCUT2D eigenvalue weighted by molar-refractivity contribution is 7.98. The minimum Gasteiger partial charge on any atom is -0.350 e. The predicted molar refractivity (Wildman–Crippen MR) is 111 cm³/mol. The second-order valence-electron chi connectivity index (χ2n) is 6.28. The summed E-state index contributed by atoms with van der Waals surface area (Å²) in [6.45, 7) is 2.08. The van der Waals surface area contributed by atoms with Gasteiger partial charge >= 0.3 is 0 Å². The van der Waals surface area contributed by atoms with Gasteiger partial charge in [-0.15, -0.1) is 0 Å². The Balaban J connectivity index is 1.60. The Bertz CT molecular complexity index is 1020. The van der Waals surface area contributed by atoms with Crippen LogP contribution in [0, 0.1) is 12.7 Å². The van der Waals surface area contributed by atoms with Gasteiger partial charge in [0.05, 0.1) is 6.20 Å². The van der Waals surface area contributed by atoms with Crippen LogP contribution < -0.4 is 10.6 Å². The molecule has 2 N–H and O–H groups in total. The molecule has 0 aliphatic heterocycles. The molecular weight excluding hydrogens is 391 g/mol. The average Bonchev–Trinajstić information content (AvgIpc) is 3.17. The molecule has 3 aromatic rings. The van der Waals surface area contributed by atoms with Gasteiger partial charge < -0.3 is 10.6 Å². The van der Waals surface area contributed by atoms with Crippen LogP contribution in [0.1, 0.15) is 26.4 Å². The number of amides is 2. The number of imidazole rings is 1. The molecule has 2 aromatic carbocycles. The third kappa shape index (κ3) is 4.83. The number of carbonyl (C=O) groups is 2. The van der Waals surface area contributed by atoms with Crippen LogP contribution >= 0.6 is 11.8 Å². The Morgan fingerprint density at radius 2 is 1.76 bits per heavy atom. The first-order valence-corrected chi connectivity index (χ1v) is 10.2. The summed E-state index contributed by atoms with van der Waals surface area (Å²) in [6.07, 6.45) is 3.43. The number of para-hydroxylation sites is 1. The van der Waals surface area contributed by atoms with Crippen molar-refractivity contribution in [3.05, 3.63) is 77.4 Å². The summed E-state index contributed by atoms with van der Waals surface area (Å²) >= 11 is 1.44. The molecule has 0 saturated carbocycles. The number of thioether (sulfide) groups is 1. The molecule has 8 heteroatoms. The number of carbonyl (C=O) groups excluding carboxylic acids is 2. The van der Waals surface area contributed by atoms with E-state index in [1.54, 1.807) is 23.6 Å². The van der Waals surface area contributed by atoms with E-state index in [-0.39, 0.29) is 24.6 Å². The molecule has 0 aliphatic rings. The van der Waals surface area contributed by atoms with E-state index in [0.717, 1.165) is 5.69 Å². The Labute approximate surface area is 172 Å². The van der Waals surface area contributed by atoms with E-state index in [4.69, 9.17) is 0 Å². The number of aromatic nitrogens is 2. The summed E-state index contributed by atoms with van der Waals surface area (Å²) < 4.78 is 15.4. The van der Waals surface area contributed by atoms with Crippen molar-refractivity contribution in [3.63, 3.8) is 0 Å². The van der Waals surface area contributed by atoms with Gasteiger partial charge in [0, 0.05) is 24.3 Å². The Morgan fingerprint density at radius 3 is 2.41 bits per heavy atom. The van der Waals surface area contributed by atoms with Crippen LogP contribution in [0.15, 0.2) is 59.9 Å². The molecule has 0 fully saturated rings. The molecule has 0 atom stereocenters. The van der Waals surface area contributed by atoms with Gasteiger partial charge in [-0.2, -0.15) is 0 Å². The van der Waals surface area contributed by atoms with Gasteiger partial charge in [-0.1, -0.05) is 36.0 Å². The van der Waals surface area contributed by atoms with Gasteiger partial charge in [-0.25, -0.2) is 9.37 Å². The van der Waals surface area contributed by atoms with Gasteiger partial charge in [0.1, 0.15) is 11.5 Å². The van der Waals surface area contributed by atoms with Crippen LogP contribution in [-0.2, 0) is 0 Å². The number of rotatable bonds is 7. The highest BCUT2D eigenvalue weighted by atomic mass is 32.2. The molecule has 0 radical (unpaired) electrons. The van der Waals surface area contributed by atoms with Gasteiger partial charge in [-0.05, 0) is 43.0 Å². The maximum Gasteiger partial charge on any atom is 0.270 e. The third-order valence-corrected chi connectivity index (χ3v) is 4.94. The topological polar surface area (TPSA) is 76.0 Å². The van der Waals surface area contributed by atoms with Crippen molar-refractivity contribution in [3.8, 4) is 5.69 Å². The normalized spacial score (nSPS) is 10.6. The van der Waals surface area contributed by atoms with Crippen molar-refractivity contribution in [1.29, 1.82) is 0 Å². The first-order chi connectivity index (χ1) is 14.0. The largest absolute Gasteiger partial charge is 0.350 e. The first-order valence-electron chi connectivity index (χ1n) is 9.01. The summed E-state index contributed by atoms with van der Waals surface area (Å²) in [6, 6.07) is 13.8. The van der Waals surface area contributed by atoms with Crippen molar-refractivity contribution in [1.82, 2.24) is 20.2 Å². The van der Waals surface area contributed by atoms with Gasteiger partial charge in [-0.3, -0.25) is 14.2 Å². The number of halogens is 1. The zero-order valence-electron chi connectivity index (χ0n) is 16.1. The smallest absolute Gasteiger partial charge is 0.270 e. The number of hydrogen-bond acceptors (Lipinski definition) is 4. The Hall–Kier alpha value is -3.13. The number of nitrogens with zero attached hydrogens (tertiary/aromatic N) is 2. The van der Waals surface area contributed by atoms with E-state index in [1.165, 1.54) is 24.0 Å². The van der Waals surface area contributed by atoms with Crippen molar-refractivity contribution in [2.45, 2.75) is 12.1 Å². The molecule has 0 saturated heterocycles. The SMILES string of the molecule is CSc1ncc(C(=O)NCCNC(=O)c2ccc(C)c(F)c2)n1-c1ccccc1. The molecule has 0 bridgehead atoms. The zero-order valence-corrected chi connectivity index (χ0v) is 16.9. The quantitative estimate of drug-likeness (QED) is 0.462. The Morgan fingerprint density at radius 1 is 1.07 bits per heavy atom. The lowest BCUT2D eigenvalue weighted by Gasteiger charge is -2.11. The third-order valence-electron chi connectivity index (χ3n) is 4.29. The van der Waals surface area contributed by atoms with Gasteiger partial charge in [0.2, 0.25) is 0 Å². The first kappa shape index (κ1) is 20.6. The van der Waals surface area contributed by atoms with Crippen molar-refractivity contribution >= 4 is 23.6 Å². The van der Waals surface area contributed by atoms with Crippen molar-refractivity contribution < 1.29 is 14.0 Å². The highest BCUT2D eigenvalue weighted by Crippen LogP contribution is 2.21. The predicted octanol–water partition coefficient (Wildman–Crippen LogP) is 3.20. The fourth-order valence-electron chi connectivity index (χ4n) is 2.74. The fraction of sp³-hybridized carbons (Fsp3) is 0.190. The standard InChI is InChI=1S/C21H21FN4O2S/c1-14-8-9-15(12-17(14)22)19(27)23-10-11-24-20(28)18-13-25-21(29-2)26(18)16-6-4-3-5-7-16/h3-9,12-13H,10-11H2,1-2H3,(H,23,27)(H,24,28). The summed E-state index contributed by atoms with van der Waals surface area (Å²) in [5, 5.41) is 6.15. The molecule has 3 rings (SSSR count). The summed E-state index contributed by atoms with van der Waals surface area (Å²) in [4.78, 5) is 29.0. The van der Waals surface area contributed by atoms with Crippen LogP contribution in [0.3, 0.4) is 0 Å². The number of aryl methyl sites for hydroxylation is 1. The average molecular weight is 412 g/mol. The van der Waals surface area contributed by atoms with E-state index in [9.17, 15) is 14.0 Å². The summed E-state index contributed by atoms with van der Waals surface area (Å²) in [7, 11) is 0. The van der Waals surface area contributed by atoms with E-state index in [2.05, 4.69) is 15.6 Å². The van der Waals surface area contributed by atoms with E-state index in [1.807, 2.05) is 36.6 Å². The molecule has 6 nitrogen and oxygen atoms in total. The van der Waals surface area contributed by atoms with Crippen molar-refractivity contribution in [2.24, 2.45) is 0 Å². The maximum atomic E-state index is 13.6. The number of benzene rings is 2.